The number of ether oxygens (including phenoxy) is 1. The van der Waals surface area contributed by atoms with Gasteiger partial charge in [-0.3, -0.25) is 10.1 Å². The number of nitrogens with zero attached hydrogens (tertiary/aromatic N) is 1. The lowest BCUT2D eigenvalue weighted by Crippen LogP contribution is -2.33. The summed E-state index contributed by atoms with van der Waals surface area (Å²) in [7, 11) is 0. The van der Waals surface area contributed by atoms with Crippen molar-refractivity contribution in [2.24, 2.45) is 5.73 Å². The molecule has 0 saturated heterocycles. The minimum absolute atomic E-state index is 0.101. The summed E-state index contributed by atoms with van der Waals surface area (Å²) in [6.07, 6.45) is -0.852. The minimum Gasteiger partial charge on any atom is -0.443 e. The van der Waals surface area contributed by atoms with E-state index in [0.717, 1.165) is 0 Å². The van der Waals surface area contributed by atoms with Crippen molar-refractivity contribution in [3.63, 3.8) is 0 Å². The maximum atomic E-state index is 13.9. The highest BCUT2D eigenvalue weighted by atomic mass is 19.1. The molecule has 2 aromatic carbocycles. The van der Waals surface area contributed by atoms with Gasteiger partial charge in [0, 0.05) is 23.6 Å². The molecular formula is C17H17FN2O4. The topological polar surface area (TPSA) is 95.5 Å². The maximum Gasteiger partial charge on any atom is 0.405 e. The third kappa shape index (κ3) is 4.07. The van der Waals surface area contributed by atoms with Gasteiger partial charge in [0.1, 0.15) is 11.4 Å². The predicted molar refractivity (Wildman–Crippen MR) is 86.9 cm³/mol. The van der Waals surface area contributed by atoms with Gasteiger partial charge in [-0.25, -0.2) is 9.18 Å². The van der Waals surface area contributed by atoms with E-state index in [1.807, 2.05) is 0 Å². The number of hydrogen-bond acceptors (Lipinski definition) is 4. The van der Waals surface area contributed by atoms with Crippen LogP contribution in [0.2, 0.25) is 0 Å². The zero-order valence-electron chi connectivity index (χ0n) is 13.3. The smallest absolute Gasteiger partial charge is 0.405 e. The maximum absolute atomic E-state index is 13.9. The molecule has 0 aliphatic heterocycles. The average Bonchev–Trinajstić information content (AvgIpc) is 2.46. The Morgan fingerprint density at radius 2 is 1.96 bits per heavy atom. The van der Waals surface area contributed by atoms with Crippen molar-refractivity contribution in [2.75, 3.05) is 0 Å². The Morgan fingerprint density at radius 3 is 2.54 bits per heavy atom. The second-order valence-corrected chi connectivity index (χ2v) is 5.94. The molecule has 0 unspecified atom stereocenters. The first-order chi connectivity index (χ1) is 11.2. The number of halogens is 1. The first-order valence-electron chi connectivity index (χ1n) is 7.20. The third-order valence-electron chi connectivity index (χ3n) is 3.46. The lowest BCUT2D eigenvalue weighted by atomic mass is 9.94. The Bertz CT molecular complexity index is 790. The summed E-state index contributed by atoms with van der Waals surface area (Å²) in [6.45, 7) is 3.21. The zero-order valence-corrected chi connectivity index (χ0v) is 13.3. The van der Waals surface area contributed by atoms with Crippen molar-refractivity contribution in [1.29, 1.82) is 0 Å². The lowest BCUT2D eigenvalue weighted by molar-refractivity contribution is -0.385. The van der Waals surface area contributed by atoms with Crippen LogP contribution in [-0.4, -0.2) is 16.6 Å². The Labute approximate surface area is 138 Å². The molecule has 1 amide bonds. The first-order valence-corrected chi connectivity index (χ1v) is 7.20. The number of carbonyl (C=O) groups is 1. The Balaban J connectivity index is 2.43. The van der Waals surface area contributed by atoms with E-state index in [9.17, 15) is 19.3 Å². The molecule has 2 N–H and O–H groups in total. The van der Waals surface area contributed by atoms with Crippen LogP contribution < -0.4 is 5.73 Å². The number of rotatable bonds is 5. The Morgan fingerprint density at radius 1 is 1.29 bits per heavy atom. The zero-order chi connectivity index (χ0) is 17.9. The van der Waals surface area contributed by atoms with E-state index in [2.05, 4.69) is 0 Å². The molecule has 0 heterocycles. The number of hydrogen-bond donors (Lipinski definition) is 1. The van der Waals surface area contributed by atoms with Gasteiger partial charge in [0.25, 0.3) is 5.69 Å². The Hall–Kier alpha value is -2.96. The number of primary amides is 1. The number of nitrogens with two attached hydrogens (primary N) is 1. The summed E-state index contributed by atoms with van der Waals surface area (Å²) in [5.74, 6) is -0.461. The van der Waals surface area contributed by atoms with Gasteiger partial charge in [-0.2, -0.15) is 0 Å². The van der Waals surface area contributed by atoms with Crippen molar-refractivity contribution < 1.29 is 18.8 Å². The number of carbonyl (C=O) groups excluding carboxylic acids is 1. The normalized spacial score (nSPS) is 11.1. The van der Waals surface area contributed by atoms with Crippen molar-refractivity contribution in [1.82, 2.24) is 0 Å². The van der Waals surface area contributed by atoms with E-state index in [1.54, 1.807) is 38.1 Å². The molecule has 0 fully saturated rings. The van der Waals surface area contributed by atoms with Crippen LogP contribution in [0.3, 0.4) is 0 Å². The second-order valence-electron chi connectivity index (χ2n) is 5.94. The molecule has 0 saturated carbocycles. The fourth-order valence-corrected chi connectivity index (χ4v) is 2.51. The lowest BCUT2D eigenvalue weighted by Gasteiger charge is -2.24. The van der Waals surface area contributed by atoms with Crippen LogP contribution in [0.5, 0.6) is 0 Å². The molecule has 6 nitrogen and oxygen atoms in total. The van der Waals surface area contributed by atoms with Gasteiger partial charge in [-0.1, -0.05) is 30.3 Å². The number of nitro groups is 1. The fraction of sp³-hybridized carbons (Fsp3) is 0.235. The van der Waals surface area contributed by atoms with E-state index in [4.69, 9.17) is 10.5 Å². The molecular weight excluding hydrogens is 315 g/mol. The summed E-state index contributed by atoms with van der Waals surface area (Å²) in [5, 5.41) is 11.4. The van der Waals surface area contributed by atoms with Gasteiger partial charge in [0.05, 0.1) is 4.92 Å². The van der Waals surface area contributed by atoms with Gasteiger partial charge in [-0.15, -0.1) is 0 Å². The van der Waals surface area contributed by atoms with Gasteiger partial charge in [0.15, 0.2) is 0 Å². The summed E-state index contributed by atoms with van der Waals surface area (Å²) in [5.41, 5.74) is 4.88. The Kier molecular flexibility index (Phi) is 4.82. The van der Waals surface area contributed by atoms with Gasteiger partial charge in [0.2, 0.25) is 0 Å². The minimum atomic E-state index is -1.00. The molecule has 2 rings (SSSR count). The van der Waals surface area contributed by atoms with Crippen LogP contribution in [0.25, 0.3) is 11.1 Å². The molecule has 7 heteroatoms. The molecule has 0 bridgehead atoms. The summed E-state index contributed by atoms with van der Waals surface area (Å²) >= 11 is 0. The molecule has 0 radical (unpaired) electrons. The van der Waals surface area contributed by atoms with Crippen molar-refractivity contribution in [3.05, 3.63) is 64.0 Å². The third-order valence-corrected chi connectivity index (χ3v) is 3.46. The van der Waals surface area contributed by atoms with Gasteiger partial charge < -0.3 is 10.5 Å². The fourth-order valence-electron chi connectivity index (χ4n) is 2.51. The molecule has 2 aromatic rings. The van der Waals surface area contributed by atoms with Crippen LogP contribution >= 0.6 is 0 Å². The largest absolute Gasteiger partial charge is 0.443 e. The number of benzene rings is 2. The molecule has 0 aliphatic rings. The molecule has 126 valence electrons. The van der Waals surface area contributed by atoms with Gasteiger partial charge in [-0.05, 0) is 25.5 Å². The van der Waals surface area contributed by atoms with E-state index < -0.39 is 22.4 Å². The highest BCUT2D eigenvalue weighted by Crippen LogP contribution is 2.31. The van der Waals surface area contributed by atoms with Crippen molar-refractivity contribution >= 4 is 11.8 Å². The second kappa shape index (κ2) is 6.66. The van der Waals surface area contributed by atoms with Crippen molar-refractivity contribution in [3.8, 4) is 11.1 Å². The number of amides is 1. The van der Waals surface area contributed by atoms with Crippen LogP contribution in [0.15, 0.2) is 42.5 Å². The van der Waals surface area contributed by atoms with E-state index in [0.29, 0.717) is 11.1 Å². The summed E-state index contributed by atoms with van der Waals surface area (Å²) in [6, 6.07) is 10.5. The van der Waals surface area contributed by atoms with E-state index in [1.165, 1.54) is 18.2 Å². The van der Waals surface area contributed by atoms with Crippen molar-refractivity contribution in [2.45, 2.75) is 25.9 Å². The van der Waals surface area contributed by atoms with Crippen LogP contribution in [-0.2, 0) is 11.2 Å². The van der Waals surface area contributed by atoms with E-state index >= 15 is 0 Å². The highest BCUT2D eigenvalue weighted by molar-refractivity contribution is 5.68. The summed E-state index contributed by atoms with van der Waals surface area (Å²) in [4.78, 5) is 21.8. The summed E-state index contributed by atoms with van der Waals surface area (Å²) < 4.78 is 18.8. The van der Waals surface area contributed by atoms with Crippen LogP contribution in [0.4, 0.5) is 14.9 Å². The SMILES string of the molecule is CC(C)(Cc1ccc(-c2ccccc2F)cc1[N+](=O)[O-])OC(N)=O. The van der Waals surface area contributed by atoms with Gasteiger partial charge >= 0.3 is 6.09 Å². The molecule has 0 aromatic heterocycles. The highest BCUT2D eigenvalue weighted by Gasteiger charge is 2.27. The molecule has 0 spiro atoms. The first kappa shape index (κ1) is 17.4. The van der Waals surface area contributed by atoms with Crippen LogP contribution in [0, 0.1) is 15.9 Å². The quantitative estimate of drug-likeness (QED) is 0.665. The standard InChI is InChI=1S/C17H17FN2O4/c1-17(2,24-16(19)21)10-12-8-7-11(9-15(12)20(22)23)13-5-3-4-6-14(13)18/h3-9H,10H2,1-2H3,(H2,19,21). The van der Waals surface area contributed by atoms with E-state index in [-0.39, 0.29) is 17.7 Å². The average molecular weight is 332 g/mol. The molecule has 0 aliphatic carbocycles. The molecule has 24 heavy (non-hydrogen) atoms. The number of nitro benzene ring substituents is 1. The predicted octanol–water partition coefficient (Wildman–Crippen LogP) is 3.82. The molecule has 0 atom stereocenters. The monoisotopic (exact) mass is 332 g/mol. The van der Waals surface area contributed by atoms with Crippen LogP contribution in [0.1, 0.15) is 19.4 Å².